The van der Waals surface area contributed by atoms with Gasteiger partial charge < -0.3 is 10.1 Å². The summed E-state index contributed by atoms with van der Waals surface area (Å²) in [6.45, 7) is 0. The molecule has 1 fully saturated rings. The third-order valence-corrected chi connectivity index (χ3v) is 3.67. The molecule has 1 heterocycles. The average molecular weight is 330 g/mol. The van der Waals surface area contributed by atoms with Crippen molar-refractivity contribution in [2.45, 2.75) is 31.8 Å². The van der Waals surface area contributed by atoms with Crippen LogP contribution in [0.25, 0.3) is 0 Å². The Balaban J connectivity index is 1.55. The first-order valence-electron chi connectivity index (χ1n) is 7.71. The molecule has 1 aromatic heterocycles. The molecule has 0 bridgehead atoms. The third-order valence-electron chi connectivity index (χ3n) is 3.67. The summed E-state index contributed by atoms with van der Waals surface area (Å²) in [6.07, 6.45) is 5.80. The summed E-state index contributed by atoms with van der Waals surface area (Å²) < 4.78 is 5.94. The van der Waals surface area contributed by atoms with Gasteiger partial charge in [0.15, 0.2) is 5.69 Å². The van der Waals surface area contributed by atoms with Crippen LogP contribution >= 0.6 is 0 Å². The van der Waals surface area contributed by atoms with Gasteiger partial charge in [0, 0.05) is 0 Å². The molecule has 0 spiro atoms. The molecule has 126 valence electrons. The molecule has 0 radical (unpaired) electrons. The van der Waals surface area contributed by atoms with Crippen LogP contribution in [0.4, 0.5) is 10.5 Å². The number of aromatic amines is 1. The normalized spacial score (nSPS) is 14.2. The number of anilines is 1. The van der Waals surface area contributed by atoms with Crippen molar-refractivity contribution < 1.29 is 14.3 Å². The molecule has 1 aliphatic rings. The van der Waals surface area contributed by atoms with Crippen molar-refractivity contribution in [2.75, 3.05) is 5.32 Å². The summed E-state index contributed by atoms with van der Waals surface area (Å²) in [5.41, 5.74) is 5.10. The number of hydrazine groups is 1. The molecule has 1 aromatic carbocycles. The lowest BCUT2D eigenvalue weighted by atomic mass is 10.2. The number of carbonyl (C=O) groups is 2. The highest BCUT2D eigenvalue weighted by Crippen LogP contribution is 2.29. The van der Waals surface area contributed by atoms with Crippen LogP contribution in [0, 0.1) is 0 Å². The van der Waals surface area contributed by atoms with E-state index < -0.39 is 11.9 Å². The van der Waals surface area contributed by atoms with E-state index in [1.807, 2.05) is 12.1 Å². The monoisotopic (exact) mass is 330 g/mol. The van der Waals surface area contributed by atoms with Crippen molar-refractivity contribution in [3.05, 3.63) is 36.2 Å². The van der Waals surface area contributed by atoms with Crippen LogP contribution in [0.1, 0.15) is 36.2 Å². The highest BCUT2D eigenvalue weighted by Gasteiger charge is 2.18. The van der Waals surface area contributed by atoms with E-state index in [9.17, 15) is 9.59 Å². The SMILES string of the molecule is O=C(NNC(=O)c1cn[nH]n1)Nc1ccccc1OC1CCCC1. The van der Waals surface area contributed by atoms with Gasteiger partial charge in [0.1, 0.15) is 5.75 Å². The number of urea groups is 1. The number of rotatable bonds is 4. The van der Waals surface area contributed by atoms with Crippen LogP contribution in [-0.4, -0.2) is 33.5 Å². The number of aromatic nitrogens is 3. The molecule has 9 nitrogen and oxygen atoms in total. The number of nitrogens with zero attached hydrogens (tertiary/aromatic N) is 2. The lowest BCUT2D eigenvalue weighted by Gasteiger charge is -2.17. The smallest absolute Gasteiger partial charge is 0.338 e. The minimum absolute atomic E-state index is 0.0697. The third kappa shape index (κ3) is 4.00. The first-order chi connectivity index (χ1) is 11.7. The fraction of sp³-hybridized carbons (Fsp3) is 0.333. The van der Waals surface area contributed by atoms with E-state index in [1.165, 1.54) is 6.20 Å². The van der Waals surface area contributed by atoms with Crippen molar-refractivity contribution in [2.24, 2.45) is 0 Å². The number of ether oxygens (including phenoxy) is 1. The van der Waals surface area contributed by atoms with Gasteiger partial charge >= 0.3 is 6.03 Å². The second-order valence-electron chi connectivity index (χ2n) is 5.41. The van der Waals surface area contributed by atoms with Crippen molar-refractivity contribution >= 4 is 17.6 Å². The number of hydrogen-bond donors (Lipinski definition) is 4. The molecule has 3 amide bonds. The van der Waals surface area contributed by atoms with Crippen LogP contribution in [0.15, 0.2) is 30.5 Å². The average Bonchev–Trinajstić information content (AvgIpc) is 3.28. The Morgan fingerprint density at radius 2 is 1.96 bits per heavy atom. The van der Waals surface area contributed by atoms with E-state index in [1.54, 1.807) is 12.1 Å². The van der Waals surface area contributed by atoms with E-state index >= 15 is 0 Å². The number of carbonyl (C=O) groups excluding carboxylic acids is 2. The number of benzene rings is 1. The molecule has 3 rings (SSSR count). The maximum Gasteiger partial charge on any atom is 0.338 e. The quantitative estimate of drug-likeness (QED) is 0.634. The molecule has 0 atom stereocenters. The summed E-state index contributed by atoms with van der Waals surface area (Å²) in [5, 5.41) is 12.1. The highest BCUT2D eigenvalue weighted by atomic mass is 16.5. The minimum Gasteiger partial charge on any atom is -0.488 e. The number of nitrogens with one attached hydrogen (secondary N) is 4. The van der Waals surface area contributed by atoms with Gasteiger partial charge in [0.25, 0.3) is 5.91 Å². The lowest BCUT2D eigenvalue weighted by molar-refractivity contribution is 0.0933. The van der Waals surface area contributed by atoms with E-state index in [0.717, 1.165) is 25.7 Å². The Morgan fingerprint density at radius 1 is 1.17 bits per heavy atom. The Bertz CT molecular complexity index is 697. The largest absolute Gasteiger partial charge is 0.488 e. The zero-order valence-electron chi connectivity index (χ0n) is 12.9. The first-order valence-corrected chi connectivity index (χ1v) is 7.71. The molecular formula is C15H18N6O3. The molecule has 0 aliphatic heterocycles. The van der Waals surface area contributed by atoms with Gasteiger partial charge in [-0.25, -0.2) is 10.2 Å². The van der Waals surface area contributed by atoms with Crippen molar-refractivity contribution in [3.63, 3.8) is 0 Å². The molecular weight excluding hydrogens is 312 g/mol. The zero-order valence-corrected chi connectivity index (χ0v) is 12.9. The van der Waals surface area contributed by atoms with E-state index in [0.29, 0.717) is 11.4 Å². The van der Waals surface area contributed by atoms with Crippen LogP contribution in [0.5, 0.6) is 5.75 Å². The second-order valence-corrected chi connectivity index (χ2v) is 5.41. The van der Waals surface area contributed by atoms with E-state index in [-0.39, 0.29) is 11.8 Å². The minimum atomic E-state index is -0.589. The van der Waals surface area contributed by atoms with Crippen molar-refractivity contribution in [1.29, 1.82) is 0 Å². The molecule has 1 saturated carbocycles. The second kappa shape index (κ2) is 7.44. The summed E-state index contributed by atoms with van der Waals surface area (Å²) in [6, 6.07) is 6.60. The van der Waals surface area contributed by atoms with Crippen molar-refractivity contribution in [3.8, 4) is 5.75 Å². The predicted octanol–water partition coefficient (Wildman–Crippen LogP) is 1.59. The molecule has 4 N–H and O–H groups in total. The summed E-state index contributed by atoms with van der Waals surface area (Å²) in [7, 11) is 0. The van der Waals surface area contributed by atoms with Crippen LogP contribution in [0.2, 0.25) is 0 Å². The zero-order chi connectivity index (χ0) is 16.8. The first kappa shape index (κ1) is 15.8. The summed E-state index contributed by atoms with van der Waals surface area (Å²) in [4.78, 5) is 23.6. The van der Waals surface area contributed by atoms with Gasteiger partial charge in [-0.05, 0) is 37.8 Å². The van der Waals surface area contributed by atoms with E-state index in [4.69, 9.17) is 4.74 Å². The van der Waals surface area contributed by atoms with Crippen molar-refractivity contribution in [1.82, 2.24) is 26.3 Å². The van der Waals surface area contributed by atoms with Crippen LogP contribution < -0.4 is 20.9 Å². The molecule has 1 aliphatic carbocycles. The predicted molar refractivity (Wildman–Crippen MR) is 85.3 cm³/mol. The molecule has 24 heavy (non-hydrogen) atoms. The number of amides is 3. The van der Waals surface area contributed by atoms with Crippen LogP contribution in [-0.2, 0) is 0 Å². The fourth-order valence-electron chi connectivity index (χ4n) is 2.50. The Kier molecular flexibility index (Phi) is 4.90. The number of hydrogen-bond acceptors (Lipinski definition) is 5. The Labute approximate surface area is 138 Å². The van der Waals surface area contributed by atoms with Gasteiger partial charge in [-0.3, -0.25) is 10.2 Å². The fourth-order valence-corrected chi connectivity index (χ4v) is 2.50. The van der Waals surface area contributed by atoms with Gasteiger partial charge in [0.05, 0.1) is 18.0 Å². The number of para-hydroxylation sites is 2. The van der Waals surface area contributed by atoms with Gasteiger partial charge in [-0.1, -0.05) is 12.1 Å². The standard InChI is InChI=1S/C15H18N6O3/c22-14(12-9-16-21-18-12)19-20-15(23)17-11-7-3-4-8-13(11)24-10-5-1-2-6-10/h3-4,7-10H,1-2,5-6H2,(H,19,22)(H,16,18,21)(H2,17,20,23). The maximum atomic E-state index is 11.9. The topological polar surface area (TPSA) is 121 Å². The Morgan fingerprint density at radius 3 is 2.71 bits per heavy atom. The summed E-state index contributed by atoms with van der Waals surface area (Å²) in [5.74, 6) is 0.0387. The Hall–Kier alpha value is -3.10. The van der Waals surface area contributed by atoms with Crippen LogP contribution in [0.3, 0.4) is 0 Å². The highest BCUT2D eigenvalue weighted by molar-refractivity contribution is 5.96. The van der Waals surface area contributed by atoms with E-state index in [2.05, 4.69) is 31.6 Å². The summed E-state index contributed by atoms with van der Waals surface area (Å²) >= 11 is 0. The lowest BCUT2D eigenvalue weighted by Crippen LogP contribution is -2.44. The molecule has 2 aromatic rings. The number of H-pyrrole nitrogens is 1. The molecule has 9 heteroatoms. The maximum absolute atomic E-state index is 11.9. The van der Waals surface area contributed by atoms with Gasteiger partial charge in [-0.15, -0.1) is 0 Å². The van der Waals surface area contributed by atoms with Gasteiger partial charge in [0.2, 0.25) is 0 Å². The molecule has 0 unspecified atom stereocenters. The van der Waals surface area contributed by atoms with Gasteiger partial charge in [-0.2, -0.15) is 15.4 Å². The molecule has 0 saturated heterocycles.